The molecule has 2 bridgehead atoms. The molecule has 13 rings (SSSR count). The van der Waals surface area contributed by atoms with Crippen molar-refractivity contribution in [3.63, 3.8) is 0 Å². The van der Waals surface area contributed by atoms with Gasteiger partial charge in [-0.25, -0.2) is 14.6 Å². The highest BCUT2D eigenvalue weighted by Crippen LogP contribution is 2.68. The third kappa shape index (κ3) is 14.1. The number of aliphatic hydroxyl groups is 4. The summed E-state index contributed by atoms with van der Waals surface area (Å²) in [6.07, 6.45) is 6.73. The van der Waals surface area contributed by atoms with Crippen molar-refractivity contribution in [2.75, 3.05) is 160 Å². The minimum Gasteiger partial charge on any atom is -0.507 e. The van der Waals surface area contributed by atoms with E-state index < -0.39 is 82.8 Å². The van der Waals surface area contributed by atoms with Gasteiger partial charge in [0.05, 0.1) is 80.7 Å². The van der Waals surface area contributed by atoms with Crippen LogP contribution < -0.4 is 36.0 Å². The van der Waals surface area contributed by atoms with Gasteiger partial charge in [-0.05, 0) is 105 Å². The number of aromatic hydroxyl groups is 2. The van der Waals surface area contributed by atoms with Crippen LogP contribution in [0.25, 0.3) is 10.9 Å². The van der Waals surface area contributed by atoms with Gasteiger partial charge in [-0.2, -0.15) is 0 Å². The number of rotatable bonds is 25. The molecule has 2 aliphatic carbocycles. The lowest BCUT2D eigenvalue weighted by Crippen LogP contribution is -2.81. The number of halogens is 2. The number of aliphatic hydroxyl groups excluding tert-OH is 2. The molecule has 106 heavy (non-hydrogen) atoms. The number of hydrogen-bond donors (Lipinski definition) is 12. The summed E-state index contributed by atoms with van der Waals surface area (Å²) in [5.74, 6) is -3.05. The number of amides is 1. The molecule has 0 radical (unpaired) electrons. The molecule has 28 nitrogen and oxygen atoms in total. The zero-order valence-corrected chi connectivity index (χ0v) is 63.2. The van der Waals surface area contributed by atoms with E-state index in [1.165, 1.54) is 45.3 Å². The van der Waals surface area contributed by atoms with Crippen molar-refractivity contribution in [3.8, 4) is 17.2 Å². The normalized spacial score (nSPS) is 28.3. The van der Waals surface area contributed by atoms with Crippen molar-refractivity contribution < 1.29 is 87.4 Å². The number of ketones is 2. The lowest BCUT2D eigenvalue weighted by molar-refractivity contribution is -0.228. The Bertz CT molecular complexity index is 4110. The maximum atomic E-state index is 15.3. The number of nitrogens with one attached hydrogen (secondary N) is 6. The maximum Gasteiger partial charge on any atom is 0.344 e. The number of alkyl halides is 2. The second-order valence-corrected chi connectivity index (χ2v) is 31.2. The number of phenols is 2. The molecule has 576 valence electrons. The van der Waals surface area contributed by atoms with Gasteiger partial charge >= 0.3 is 25.6 Å². The monoisotopic (exact) mass is 1530 g/mol. The number of anilines is 3. The summed E-state index contributed by atoms with van der Waals surface area (Å²) in [5, 5.41) is 79.7. The van der Waals surface area contributed by atoms with E-state index in [0.717, 1.165) is 29.4 Å². The van der Waals surface area contributed by atoms with Crippen LogP contribution in [0.5, 0.6) is 17.2 Å². The van der Waals surface area contributed by atoms with Crippen LogP contribution in [0.2, 0.25) is 0 Å². The molecule has 11 atom stereocenters. The predicted octanol–water partition coefficient (Wildman–Crippen LogP) is 5.26. The van der Waals surface area contributed by atoms with E-state index in [9.17, 15) is 49.0 Å². The van der Waals surface area contributed by atoms with Crippen LogP contribution in [0.15, 0.2) is 72.8 Å². The third-order valence-corrected chi connectivity index (χ3v) is 25.2. The van der Waals surface area contributed by atoms with Gasteiger partial charge in [-0.15, -0.1) is 23.2 Å². The van der Waals surface area contributed by atoms with E-state index >= 15 is 4.79 Å². The molecule has 12 N–H and O–H groups in total. The topological polar surface area (TPSA) is 376 Å². The lowest BCUT2D eigenvalue weighted by atomic mass is 9.47. The molecular formula is C75H99Cl2N10O18P. The highest BCUT2D eigenvalue weighted by Gasteiger charge is 2.81. The first kappa shape index (κ1) is 79.8. The molecule has 7 heterocycles. The second-order valence-electron chi connectivity index (χ2n) is 28.3. The SMILES string of the molecule is CC[C@]1(O)C[C@H]2CN(CCc3c([nH]c4ccccc34)[C@@](C(=O)OC)(c3cc4c(cc3OC)N(C=O)[C@H]3[C@@](O)(C(=O)OC)[C@H](OC(C)=O)[C@]5(CC)C=CCN6CC[C@]43[C@@H]65)C2)C1.O=C1c2c(O)ccc(O)c2C(=O)c2c(NCCNCCO)ccc(NCCNCCO)c21.O=P1(NCCCl)OCCCN1CCCl. The van der Waals surface area contributed by atoms with Crippen molar-refractivity contribution in [2.45, 2.75) is 106 Å². The molecule has 2 unspecified atom stereocenters. The second kappa shape index (κ2) is 33.3. The van der Waals surface area contributed by atoms with Crippen LogP contribution in [0.4, 0.5) is 17.1 Å². The molecule has 3 saturated heterocycles. The summed E-state index contributed by atoms with van der Waals surface area (Å²) >= 11 is 11.1. The molecule has 1 spiro atoms. The van der Waals surface area contributed by atoms with E-state index in [2.05, 4.69) is 47.2 Å². The Hall–Kier alpha value is -7.25. The number of aromatic nitrogens is 1. The summed E-state index contributed by atoms with van der Waals surface area (Å²) in [5.41, 5.74) is -2.47. The fourth-order valence-corrected chi connectivity index (χ4v) is 20.9. The largest absolute Gasteiger partial charge is 0.507 e. The lowest BCUT2D eigenvalue weighted by Gasteiger charge is -2.63. The van der Waals surface area contributed by atoms with Crippen molar-refractivity contribution in [1.29, 1.82) is 0 Å². The number of fused-ring (bicyclic) bond motifs is 8. The van der Waals surface area contributed by atoms with E-state index in [-0.39, 0.29) is 59.3 Å². The molecule has 1 aromatic heterocycles. The molecule has 1 saturated carbocycles. The number of phenolic OH excluding ortho intramolecular Hbond substituents is 2. The average molecular weight is 1530 g/mol. The Morgan fingerprint density at radius 2 is 1.44 bits per heavy atom. The Labute approximate surface area is 626 Å². The van der Waals surface area contributed by atoms with Gasteiger partial charge in [0, 0.05) is 160 Å². The first-order chi connectivity index (χ1) is 51.0. The summed E-state index contributed by atoms with van der Waals surface area (Å²) in [4.78, 5) is 92.9. The predicted molar refractivity (Wildman–Crippen MR) is 400 cm³/mol. The Morgan fingerprint density at radius 3 is 2.03 bits per heavy atom. The summed E-state index contributed by atoms with van der Waals surface area (Å²) in [6.45, 7) is 13.3. The van der Waals surface area contributed by atoms with Gasteiger partial charge in [0.2, 0.25) is 23.6 Å². The number of carbonyl (C=O) groups excluding carboxylic acids is 6. The number of carbonyl (C=O) groups is 6. The fraction of sp³-hybridized carbons (Fsp3) is 0.547. The molecular weight excluding hydrogens is 1430 g/mol. The number of methoxy groups -OCH3 is 3. The summed E-state index contributed by atoms with van der Waals surface area (Å²) in [7, 11) is 1.25. The highest BCUT2D eigenvalue weighted by molar-refractivity contribution is 7.54. The van der Waals surface area contributed by atoms with E-state index in [4.69, 9.17) is 56.9 Å². The van der Waals surface area contributed by atoms with Crippen molar-refractivity contribution in [3.05, 3.63) is 117 Å². The van der Waals surface area contributed by atoms with Crippen molar-refractivity contribution in [1.82, 2.24) is 35.2 Å². The minimum absolute atomic E-state index is 0.00939. The van der Waals surface area contributed by atoms with Crippen molar-refractivity contribution >= 4 is 94.7 Å². The quantitative estimate of drug-likeness (QED) is 0.00508. The minimum atomic E-state index is -2.84. The third-order valence-electron chi connectivity index (χ3n) is 22.5. The first-order valence-corrected chi connectivity index (χ1v) is 38.9. The highest BCUT2D eigenvalue weighted by atomic mass is 35.5. The van der Waals surface area contributed by atoms with Crippen molar-refractivity contribution in [2.24, 2.45) is 11.3 Å². The van der Waals surface area contributed by atoms with Crippen LogP contribution in [0.3, 0.4) is 0 Å². The molecule has 1 amide bonds. The van der Waals surface area contributed by atoms with Crippen LogP contribution in [0.1, 0.15) is 114 Å². The van der Waals surface area contributed by atoms with Crippen LogP contribution in [-0.4, -0.2) is 260 Å². The smallest absolute Gasteiger partial charge is 0.344 e. The molecule has 6 aliphatic heterocycles. The zero-order valence-electron chi connectivity index (χ0n) is 60.8. The van der Waals surface area contributed by atoms with Gasteiger partial charge in [-0.3, -0.25) is 38.3 Å². The van der Waals surface area contributed by atoms with E-state index in [0.29, 0.717) is 182 Å². The van der Waals surface area contributed by atoms with Gasteiger partial charge in [0.25, 0.3) is 0 Å². The van der Waals surface area contributed by atoms with E-state index in [1.807, 2.05) is 50.3 Å². The van der Waals surface area contributed by atoms with Gasteiger partial charge in [0.1, 0.15) is 22.7 Å². The number of esters is 3. The molecule has 8 aliphatic rings. The molecule has 31 heteroatoms. The van der Waals surface area contributed by atoms with Crippen LogP contribution in [0, 0.1) is 11.3 Å². The molecule has 5 aromatic rings. The number of H-pyrrole nitrogens is 1. The maximum absolute atomic E-state index is 15.3. The number of para-hydroxylation sites is 1. The Balaban J connectivity index is 0.000000202. The number of hydrogen-bond acceptors (Lipinski definition) is 24. The standard InChI is InChI=1S/C46H56N4O10.C22H28N4O6.C7H15Cl2N2O2P/c1-7-42(55)22-28-23-45(40(53)58-5,36-30(14-18-48(24-28)25-42)29-12-9-10-13-33(29)47-36)32-20-31-34(21-35(32)57-4)50(26-51)38-44(31)16-19-49-17-11-15-43(8-2,37(44)49)39(60-27(3)52)46(38,56)41(54)59-6;27-11-9-23-5-7-25-13-1-2-14(26-8-6-24-10-12-28)18-17(13)21(31)19-15(29)3-4-16(30)20(19)22(18)32;8-2-4-10-14(12)11(6-3-9)5-1-7-13-14/h9-13,15,20-21,26,28,37-39,47,55-56H,7-8,14,16-19,22-25H2,1-6H3;1-4,23-30H,5-12H2;1-7H2,(H,10,12)/t28-,37+,38-,39-,42+,43-,44-,45+,46+;;/m1../s1. The number of aromatic amines is 1. The van der Waals surface area contributed by atoms with Gasteiger partial charge in [-0.1, -0.05) is 44.2 Å². The summed E-state index contributed by atoms with van der Waals surface area (Å²) in [6, 6.07) is 15.7. The Kier molecular flexibility index (Phi) is 25.1. The van der Waals surface area contributed by atoms with Crippen LogP contribution >= 0.6 is 30.9 Å². The van der Waals surface area contributed by atoms with Gasteiger partial charge in [0.15, 0.2) is 6.10 Å². The number of benzene rings is 4. The fourth-order valence-electron chi connectivity index (χ4n) is 18.3. The number of piperidine rings is 1. The number of ether oxygens (including phenoxy) is 4. The first-order valence-electron chi connectivity index (χ1n) is 36.3. The Morgan fingerprint density at radius 1 is 0.783 bits per heavy atom. The zero-order chi connectivity index (χ0) is 76.1. The number of nitrogens with zero attached hydrogens (tertiary/aromatic N) is 4. The summed E-state index contributed by atoms with van der Waals surface area (Å²) < 4.78 is 42.9. The van der Waals surface area contributed by atoms with Gasteiger partial charge < -0.3 is 85.3 Å². The molecule has 4 aromatic carbocycles. The average Bonchev–Trinajstić information content (AvgIpc) is 1.46. The van der Waals surface area contributed by atoms with E-state index in [1.54, 1.807) is 22.9 Å². The van der Waals surface area contributed by atoms with Crippen LogP contribution in [-0.2, 0) is 59.7 Å². The molecule has 4 fully saturated rings.